The van der Waals surface area contributed by atoms with Crippen LogP contribution in [0.15, 0.2) is 34.2 Å². The van der Waals surface area contributed by atoms with Crippen LogP contribution in [0.3, 0.4) is 0 Å². The molecule has 96 valence electrons. The van der Waals surface area contributed by atoms with Crippen molar-refractivity contribution in [3.05, 3.63) is 45.7 Å². The maximum Gasteiger partial charge on any atom is 0.270 e. The van der Waals surface area contributed by atoms with Crippen molar-refractivity contribution in [2.75, 3.05) is 5.75 Å². The predicted octanol–water partition coefficient (Wildman–Crippen LogP) is 2.73. The van der Waals surface area contributed by atoms with E-state index in [1.165, 1.54) is 11.8 Å². The molecule has 0 atom stereocenters. The second kappa shape index (κ2) is 5.72. The number of hydrogen-bond acceptors (Lipinski definition) is 4. The molecule has 1 heterocycles. The van der Waals surface area contributed by atoms with E-state index in [1.54, 1.807) is 0 Å². The first-order valence-corrected chi connectivity index (χ1v) is 6.88. The number of rotatable bonds is 3. The smallest absolute Gasteiger partial charge is 0.270 e. The van der Waals surface area contributed by atoms with Gasteiger partial charge in [0.15, 0.2) is 5.16 Å². The zero-order valence-corrected chi connectivity index (χ0v) is 11.5. The molecule has 19 heavy (non-hydrogen) atoms. The summed E-state index contributed by atoms with van der Waals surface area (Å²) in [5, 5.41) is 9.66. The summed E-state index contributed by atoms with van der Waals surface area (Å²) in [6.45, 7) is 3.97. The van der Waals surface area contributed by atoms with E-state index < -0.39 is 0 Å². The highest BCUT2D eigenvalue weighted by molar-refractivity contribution is 7.99. The number of aromatic nitrogens is 2. The topological polar surface area (TPSA) is 69.5 Å². The lowest BCUT2D eigenvalue weighted by molar-refractivity contribution is 0.935. The van der Waals surface area contributed by atoms with Crippen LogP contribution in [0.25, 0.3) is 11.3 Å². The quantitative estimate of drug-likeness (QED) is 0.688. The lowest BCUT2D eigenvalue weighted by Crippen LogP contribution is -2.14. The fraction of sp³-hybridized carbons (Fsp3) is 0.214. The van der Waals surface area contributed by atoms with Crippen molar-refractivity contribution in [1.82, 2.24) is 9.97 Å². The van der Waals surface area contributed by atoms with Crippen molar-refractivity contribution in [3.8, 4) is 17.3 Å². The minimum Gasteiger partial charge on any atom is -0.300 e. The Balaban J connectivity index is 2.63. The molecule has 2 aromatic rings. The van der Waals surface area contributed by atoms with Crippen molar-refractivity contribution in [2.24, 2.45) is 0 Å². The summed E-state index contributed by atoms with van der Waals surface area (Å²) < 4.78 is 0. The third kappa shape index (κ3) is 2.85. The fourth-order valence-corrected chi connectivity index (χ4v) is 2.28. The van der Waals surface area contributed by atoms with Crippen molar-refractivity contribution in [1.29, 1.82) is 5.26 Å². The maximum absolute atomic E-state index is 11.9. The molecule has 1 N–H and O–H groups in total. The van der Waals surface area contributed by atoms with Gasteiger partial charge in [0.2, 0.25) is 0 Å². The van der Waals surface area contributed by atoms with Crippen LogP contribution >= 0.6 is 11.8 Å². The molecule has 0 aliphatic heterocycles. The van der Waals surface area contributed by atoms with Gasteiger partial charge >= 0.3 is 0 Å². The summed E-state index contributed by atoms with van der Waals surface area (Å²) in [6, 6.07) is 9.55. The third-order valence-electron chi connectivity index (χ3n) is 2.62. The number of hydrogen-bond donors (Lipinski definition) is 1. The summed E-state index contributed by atoms with van der Waals surface area (Å²) in [7, 11) is 0. The maximum atomic E-state index is 11.9. The average Bonchev–Trinajstić information content (AvgIpc) is 2.39. The highest BCUT2D eigenvalue weighted by Crippen LogP contribution is 2.22. The SMILES string of the molecule is CCSc1nc(-c2ccc(C)cc2)c(C#N)c(=O)[nH]1. The molecular formula is C14H13N3OS. The van der Waals surface area contributed by atoms with Gasteiger partial charge < -0.3 is 4.98 Å². The normalized spacial score (nSPS) is 10.2. The van der Waals surface area contributed by atoms with Gasteiger partial charge in [0, 0.05) is 5.56 Å². The Morgan fingerprint density at radius 2 is 2.05 bits per heavy atom. The molecule has 0 saturated heterocycles. The van der Waals surface area contributed by atoms with E-state index in [4.69, 9.17) is 5.26 Å². The van der Waals surface area contributed by atoms with E-state index in [2.05, 4.69) is 9.97 Å². The summed E-state index contributed by atoms with van der Waals surface area (Å²) in [6.07, 6.45) is 0. The minimum absolute atomic E-state index is 0.0595. The van der Waals surface area contributed by atoms with Gasteiger partial charge in [-0.25, -0.2) is 4.98 Å². The molecule has 1 aromatic heterocycles. The van der Waals surface area contributed by atoms with Crippen molar-refractivity contribution in [2.45, 2.75) is 19.0 Å². The van der Waals surface area contributed by atoms with Crippen LogP contribution in [-0.2, 0) is 0 Å². The lowest BCUT2D eigenvalue weighted by Gasteiger charge is -2.06. The molecule has 0 amide bonds. The van der Waals surface area contributed by atoms with Crippen molar-refractivity contribution < 1.29 is 0 Å². The van der Waals surface area contributed by atoms with E-state index in [0.717, 1.165) is 16.9 Å². The summed E-state index contributed by atoms with van der Waals surface area (Å²) >= 11 is 1.44. The predicted molar refractivity (Wildman–Crippen MR) is 76.1 cm³/mol. The van der Waals surface area contributed by atoms with Gasteiger partial charge in [-0.1, -0.05) is 48.5 Å². The first-order valence-electron chi connectivity index (χ1n) is 5.90. The number of aryl methyl sites for hydroxylation is 1. The minimum atomic E-state index is -0.385. The molecule has 0 aliphatic carbocycles. The number of nitriles is 1. The van der Waals surface area contributed by atoms with E-state index in [1.807, 2.05) is 44.2 Å². The Kier molecular flexibility index (Phi) is 4.03. The first kappa shape index (κ1) is 13.4. The van der Waals surface area contributed by atoms with Gasteiger partial charge in [-0.2, -0.15) is 5.26 Å². The van der Waals surface area contributed by atoms with E-state index >= 15 is 0 Å². The van der Waals surface area contributed by atoms with Crippen molar-refractivity contribution in [3.63, 3.8) is 0 Å². The number of nitrogens with one attached hydrogen (secondary N) is 1. The Morgan fingerprint density at radius 3 is 2.63 bits per heavy atom. The molecule has 0 fully saturated rings. The largest absolute Gasteiger partial charge is 0.300 e. The van der Waals surface area contributed by atoms with E-state index in [9.17, 15) is 4.79 Å². The molecule has 0 unspecified atom stereocenters. The highest BCUT2D eigenvalue weighted by Gasteiger charge is 2.13. The van der Waals surface area contributed by atoms with Crippen LogP contribution in [0.5, 0.6) is 0 Å². The molecular weight excluding hydrogens is 258 g/mol. The van der Waals surface area contributed by atoms with Gasteiger partial charge in [-0.05, 0) is 12.7 Å². The number of aromatic amines is 1. The van der Waals surface area contributed by atoms with Crippen LogP contribution in [0, 0.1) is 18.3 Å². The number of H-pyrrole nitrogens is 1. The standard InChI is InChI=1S/C14H13N3OS/c1-3-19-14-16-12(11(8-15)13(18)17-14)10-6-4-9(2)5-7-10/h4-7H,3H2,1-2H3,(H,16,17,18). The molecule has 0 aliphatic rings. The van der Waals surface area contributed by atoms with Crippen LogP contribution < -0.4 is 5.56 Å². The second-order valence-electron chi connectivity index (χ2n) is 4.01. The van der Waals surface area contributed by atoms with Gasteiger partial charge in [0.1, 0.15) is 11.6 Å². The fourth-order valence-electron chi connectivity index (χ4n) is 1.68. The molecule has 2 rings (SSSR count). The zero-order chi connectivity index (χ0) is 13.8. The van der Waals surface area contributed by atoms with Crippen molar-refractivity contribution >= 4 is 11.8 Å². The molecule has 0 saturated carbocycles. The van der Waals surface area contributed by atoms with E-state index in [0.29, 0.717) is 10.9 Å². The number of benzene rings is 1. The molecule has 0 radical (unpaired) electrons. The number of thioether (sulfide) groups is 1. The molecule has 0 bridgehead atoms. The van der Waals surface area contributed by atoms with Crippen LogP contribution in [0.1, 0.15) is 18.1 Å². The first-order chi connectivity index (χ1) is 9.15. The highest BCUT2D eigenvalue weighted by atomic mass is 32.2. The summed E-state index contributed by atoms with van der Waals surface area (Å²) in [5.41, 5.74) is 2.02. The molecule has 4 nitrogen and oxygen atoms in total. The van der Waals surface area contributed by atoms with Gasteiger partial charge in [-0.3, -0.25) is 4.79 Å². The van der Waals surface area contributed by atoms with E-state index in [-0.39, 0.29) is 11.1 Å². The monoisotopic (exact) mass is 271 g/mol. The summed E-state index contributed by atoms with van der Waals surface area (Å²) in [5.74, 6) is 0.808. The Morgan fingerprint density at radius 1 is 1.37 bits per heavy atom. The number of nitrogens with zero attached hydrogens (tertiary/aromatic N) is 2. The second-order valence-corrected chi connectivity index (χ2v) is 5.26. The van der Waals surface area contributed by atoms with Crippen LogP contribution in [0.4, 0.5) is 0 Å². The third-order valence-corrected chi connectivity index (χ3v) is 3.37. The molecule has 5 heteroatoms. The Labute approximate surface area is 115 Å². The molecule has 0 spiro atoms. The van der Waals surface area contributed by atoms with Crippen LogP contribution in [-0.4, -0.2) is 15.7 Å². The Bertz CT molecular complexity index is 683. The zero-order valence-electron chi connectivity index (χ0n) is 10.7. The van der Waals surface area contributed by atoms with Crippen LogP contribution in [0.2, 0.25) is 0 Å². The Hall–Kier alpha value is -2.06. The van der Waals surface area contributed by atoms with Gasteiger partial charge in [0.25, 0.3) is 5.56 Å². The van der Waals surface area contributed by atoms with Gasteiger partial charge in [0.05, 0.1) is 5.69 Å². The summed E-state index contributed by atoms with van der Waals surface area (Å²) in [4.78, 5) is 18.9. The lowest BCUT2D eigenvalue weighted by atomic mass is 10.1. The molecule has 1 aromatic carbocycles. The average molecular weight is 271 g/mol. The van der Waals surface area contributed by atoms with Gasteiger partial charge in [-0.15, -0.1) is 0 Å².